The average molecular weight is 416 g/mol. The van der Waals surface area contributed by atoms with E-state index in [1.165, 1.54) is 4.90 Å². The highest BCUT2D eigenvalue weighted by atomic mass is 16.5. The summed E-state index contributed by atoms with van der Waals surface area (Å²) in [5, 5.41) is 0. The molecule has 2 aromatic carbocycles. The maximum absolute atomic E-state index is 12.9. The van der Waals surface area contributed by atoms with Crippen LogP contribution in [0.4, 0.5) is 0 Å². The number of ether oxygens (including phenoxy) is 1. The molecule has 3 aromatic rings. The van der Waals surface area contributed by atoms with Gasteiger partial charge in [0.05, 0.1) is 24.8 Å². The summed E-state index contributed by atoms with van der Waals surface area (Å²) in [6, 6.07) is 14.0. The van der Waals surface area contributed by atoms with Crippen molar-refractivity contribution in [3.05, 3.63) is 87.3 Å². The molecular weight excluding hydrogens is 392 g/mol. The van der Waals surface area contributed by atoms with E-state index in [2.05, 4.69) is 25.8 Å². The standard InChI is InChI=1S/C25H24N2O4/c1-25(2,3)20-13-19(16-10-7-11-26-22(16)28)15(12-21(20)31-4)14-27-23(29)17-8-5-6-9-18(17)24(27)30/h5-13H,14H2,1-4H3,(H,26,28). The fourth-order valence-electron chi connectivity index (χ4n) is 3.95. The lowest BCUT2D eigenvalue weighted by atomic mass is 9.83. The van der Waals surface area contributed by atoms with Crippen LogP contribution in [0.2, 0.25) is 0 Å². The number of nitrogens with one attached hydrogen (secondary N) is 1. The highest BCUT2D eigenvalue weighted by molar-refractivity contribution is 6.21. The number of aromatic amines is 1. The van der Waals surface area contributed by atoms with Crippen molar-refractivity contribution in [3.63, 3.8) is 0 Å². The minimum atomic E-state index is -0.340. The Kier molecular flexibility index (Phi) is 5.01. The van der Waals surface area contributed by atoms with Gasteiger partial charge in [-0.1, -0.05) is 32.9 Å². The largest absolute Gasteiger partial charge is 0.496 e. The Morgan fingerprint density at radius 3 is 2.03 bits per heavy atom. The van der Waals surface area contributed by atoms with E-state index in [9.17, 15) is 14.4 Å². The van der Waals surface area contributed by atoms with Gasteiger partial charge in [-0.25, -0.2) is 0 Å². The fourth-order valence-corrected chi connectivity index (χ4v) is 3.95. The number of amides is 2. The Morgan fingerprint density at radius 1 is 0.871 bits per heavy atom. The summed E-state index contributed by atoms with van der Waals surface area (Å²) in [6.45, 7) is 6.23. The molecule has 0 bridgehead atoms. The third-order valence-electron chi connectivity index (χ3n) is 5.55. The van der Waals surface area contributed by atoms with Crippen molar-refractivity contribution in [2.24, 2.45) is 0 Å². The van der Waals surface area contributed by atoms with Crippen LogP contribution in [-0.4, -0.2) is 28.8 Å². The molecule has 158 valence electrons. The second kappa shape index (κ2) is 7.54. The molecule has 6 nitrogen and oxygen atoms in total. The first-order chi connectivity index (χ1) is 14.7. The molecule has 0 fully saturated rings. The van der Waals surface area contributed by atoms with Gasteiger partial charge in [0.25, 0.3) is 17.4 Å². The van der Waals surface area contributed by atoms with Crippen molar-refractivity contribution in [2.45, 2.75) is 32.7 Å². The molecule has 0 saturated heterocycles. The lowest BCUT2D eigenvalue weighted by Gasteiger charge is -2.25. The molecule has 0 spiro atoms. The molecule has 0 saturated carbocycles. The second-order valence-corrected chi connectivity index (χ2v) is 8.61. The minimum Gasteiger partial charge on any atom is -0.496 e. The van der Waals surface area contributed by atoms with Gasteiger partial charge in [-0.3, -0.25) is 19.3 Å². The van der Waals surface area contributed by atoms with Gasteiger partial charge in [0, 0.05) is 17.3 Å². The van der Waals surface area contributed by atoms with Gasteiger partial charge in [0.1, 0.15) is 5.75 Å². The molecule has 2 heterocycles. The first-order valence-corrected chi connectivity index (χ1v) is 10.1. The van der Waals surface area contributed by atoms with Crippen molar-refractivity contribution in [1.82, 2.24) is 9.88 Å². The van der Waals surface area contributed by atoms with Crippen molar-refractivity contribution in [3.8, 4) is 16.9 Å². The number of imide groups is 1. The Morgan fingerprint density at radius 2 is 1.48 bits per heavy atom. The van der Waals surface area contributed by atoms with E-state index in [4.69, 9.17) is 4.74 Å². The molecule has 4 rings (SSSR count). The Balaban J connectivity index is 1.88. The van der Waals surface area contributed by atoms with Crippen LogP contribution in [0.25, 0.3) is 11.1 Å². The Labute approximate surface area is 180 Å². The third kappa shape index (κ3) is 3.54. The predicted octanol–water partition coefficient (Wildman–Crippen LogP) is 4.14. The van der Waals surface area contributed by atoms with E-state index in [0.29, 0.717) is 33.6 Å². The Bertz CT molecular complexity index is 1220. The van der Waals surface area contributed by atoms with Gasteiger partial charge < -0.3 is 9.72 Å². The fraction of sp³-hybridized carbons (Fsp3) is 0.240. The predicted molar refractivity (Wildman–Crippen MR) is 118 cm³/mol. The van der Waals surface area contributed by atoms with Gasteiger partial charge in [-0.05, 0) is 52.9 Å². The number of H-pyrrole nitrogens is 1. The normalized spacial score (nSPS) is 13.5. The summed E-state index contributed by atoms with van der Waals surface area (Å²) in [7, 11) is 1.59. The molecule has 1 aromatic heterocycles. The quantitative estimate of drug-likeness (QED) is 0.648. The molecule has 0 atom stereocenters. The van der Waals surface area contributed by atoms with Crippen LogP contribution in [-0.2, 0) is 12.0 Å². The van der Waals surface area contributed by atoms with E-state index in [1.54, 1.807) is 49.7 Å². The van der Waals surface area contributed by atoms with E-state index >= 15 is 0 Å². The third-order valence-corrected chi connectivity index (χ3v) is 5.55. The van der Waals surface area contributed by atoms with E-state index in [1.807, 2.05) is 12.1 Å². The average Bonchev–Trinajstić information content (AvgIpc) is 2.98. The van der Waals surface area contributed by atoms with Crippen molar-refractivity contribution in [2.75, 3.05) is 7.11 Å². The summed E-state index contributed by atoms with van der Waals surface area (Å²) in [5.41, 5.74) is 3.04. The highest BCUT2D eigenvalue weighted by Gasteiger charge is 2.36. The molecule has 0 radical (unpaired) electrons. The zero-order valence-corrected chi connectivity index (χ0v) is 18.0. The van der Waals surface area contributed by atoms with Gasteiger partial charge in [-0.15, -0.1) is 0 Å². The maximum atomic E-state index is 12.9. The lowest BCUT2D eigenvalue weighted by molar-refractivity contribution is 0.0642. The number of carbonyl (C=O) groups is 2. The number of rotatable bonds is 4. The molecule has 31 heavy (non-hydrogen) atoms. The van der Waals surface area contributed by atoms with Gasteiger partial charge >= 0.3 is 0 Å². The number of hydrogen-bond donors (Lipinski definition) is 1. The second-order valence-electron chi connectivity index (χ2n) is 8.61. The van der Waals surface area contributed by atoms with Crippen molar-refractivity contribution < 1.29 is 14.3 Å². The van der Waals surface area contributed by atoms with Crippen LogP contribution in [0.1, 0.15) is 52.6 Å². The number of methoxy groups -OCH3 is 1. The number of carbonyl (C=O) groups excluding carboxylic acids is 2. The van der Waals surface area contributed by atoms with Gasteiger partial charge in [0.15, 0.2) is 0 Å². The van der Waals surface area contributed by atoms with Crippen molar-refractivity contribution >= 4 is 11.8 Å². The highest BCUT2D eigenvalue weighted by Crippen LogP contribution is 2.38. The first kappa shape index (κ1) is 20.6. The first-order valence-electron chi connectivity index (χ1n) is 10.1. The summed E-state index contributed by atoms with van der Waals surface area (Å²) in [6.07, 6.45) is 1.57. The van der Waals surface area contributed by atoms with Gasteiger partial charge in [0.2, 0.25) is 0 Å². The van der Waals surface area contributed by atoms with Crippen LogP contribution in [0.15, 0.2) is 59.5 Å². The smallest absolute Gasteiger partial charge is 0.261 e. The van der Waals surface area contributed by atoms with E-state index in [0.717, 1.165) is 5.56 Å². The zero-order chi connectivity index (χ0) is 22.3. The zero-order valence-electron chi connectivity index (χ0n) is 18.0. The summed E-state index contributed by atoms with van der Waals surface area (Å²) in [4.78, 5) is 42.3. The monoisotopic (exact) mass is 416 g/mol. The molecule has 0 unspecified atom stereocenters. The minimum absolute atomic E-state index is 0.0385. The number of benzene rings is 2. The topological polar surface area (TPSA) is 79.5 Å². The van der Waals surface area contributed by atoms with Crippen LogP contribution in [0, 0.1) is 0 Å². The molecular formula is C25H24N2O4. The van der Waals surface area contributed by atoms with E-state index in [-0.39, 0.29) is 29.3 Å². The SMILES string of the molecule is COc1cc(CN2C(=O)c3ccccc3C2=O)c(-c2ccc[nH]c2=O)cc1C(C)(C)C. The summed E-state index contributed by atoms with van der Waals surface area (Å²) >= 11 is 0. The number of hydrogen-bond acceptors (Lipinski definition) is 4. The van der Waals surface area contributed by atoms with Crippen LogP contribution >= 0.6 is 0 Å². The summed E-state index contributed by atoms with van der Waals surface area (Å²) in [5.74, 6) is -0.0324. The molecule has 1 N–H and O–H groups in total. The van der Waals surface area contributed by atoms with Crippen LogP contribution < -0.4 is 10.3 Å². The van der Waals surface area contributed by atoms with E-state index < -0.39 is 0 Å². The maximum Gasteiger partial charge on any atom is 0.261 e. The molecule has 1 aliphatic heterocycles. The van der Waals surface area contributed by atoms with Crippen LogP contribution in [0.5, 0.6) is 5.75 Å². The number of fused-ring (bicyclic) bond motifs is 1. The molecule has 0 aliphatic carbocycles. The molecule has 6 heteroatoms. The molecule has 1 aliphatic rings. The van der Waals surface area contributed by atoms with Crippen molar-refractivity contribution in [1.29, 1.82) is 0 Å². The Hall–Kier alpha value is -3.67. The number of nitrogens with zero attached hydrogens (tertiary/aromatic N) is 1. The summed E-state index contributed by atoms with van der Waals surface area (Å²) < 4.78 is 5.64. The molecule has 2 amide bonds. The van der Waals surface area contributed by atoms with Gasteiger partial charge in [-0.2, -0.15) is 0 Å². The number of pyridine rings is 1. The lowest BCUT2D eigenvalue weighted by Crippen LogP contribution is -2.29. The number of aromatic nitrogens is 1. The van der Waals surface area contributed by atoms with Crippen LogP contribution in [0.3, 0.4) is 0 Å².